The molecule has 6 heteroatoms. The van der Waals surface area contributed by atoms with Gasteiger partial charge in [0.1, 0.15) is 5.44 Å². The fraction of sp³-hybridized carbons (Fsp3) is 0.0256. The van der Waals surface area contributed by atoms with Gasteiger partial charge < -0.3 is 9.13 Å². The van der Waals surface area contributed by atoms with E-state index in [9.17, 15) is 0 Å². The molecule has 0 fully saturated rings. The van der Waals surface area contributed by atoms with E-state index in [1.54, 1.807) is 0 Å². The maximum absolute atomic E-state index is 16.6. The maximum Gasteiger partial charge on any atom is 0.190 e. The average molecular weight is 621 g/mol. The fourth-order valence-corrected chi connectivity index (χ4v) is 12.8. The van der Waals surface area contributed by atoms with E-state index < -0.39 is 19.8 Å². The first-order chi connectivity index (χ1) is 22.1. The molecule has 1 aliphatic rings. The van der Waals surface area contributed by atoms with Crippen molar-refractivity contribution < 1.29 is 9.13 Å². The van der Waals surface area contributed by atoms with E-state index in [1.807, 2.05) is 182 Å². The monoisotopic (exact) mass is 620 g/mol. The molecule has 0 N–H and O–H groups in total. The molecule has 1 aliphatic heterocycles. The van der Waals surface area contributed by atoms with Gasteiger partial charge >= 0.3 is 0 Å². The molecule has 4 nitrogen and oxygen atoms in total. The fourth-order valence-electron chi connectivity index (χ4n) is 6.23. The lowest BCUT2D eigenvalue weighted by molar-refractivity contribution is 0.579. The minimum absolute atomic E-state index is 0.253. The summed E-state index contributed by atoms with van der Waals surface area (Å²) in [5, 5.41) is 12.9. The van der Waals surface area contributed by atoms with E-state index in [1.165, 1.54) is 0 Å². The molecule has 0 saturated carbocycles. The number of hydrogen-bond donors (Lipinski definition) is 0. The number of azo groups is 1. The summed E-state index contributed by atoms with van der Waals surface area (Å²) in [5.41, 5.74) is 0.524. The number of rotatable bonds is 8. The van der Waals surface area contributed by atoms with Crippen molar-refractivity contribution in [2.45, 2.75) is 5.54 Å². The molecule has 6 aromatic carbocycles. The van der Waals surface area contributed by atoms with Crippen LogP contribution in [0.4, 0.5) is 0 Å². The van der Waals surface area contributed by atoms with Crippen LogP contribution in [0.1, 0.15) is 11.1 Å². The zero-order valence-corrected chi connectivity index (χ0v) is 26.2. The SMILES string of the molecule is O=P(C1=C(P(=O)(c2ccccc2)c2ccccc2)C(c2ccccc2)(c2ccccc2)N=N1)(c1ccccc1)c1ccccc1. The zero-order valence-electron chi connectivity index (χ0n) is 24.4. The summed E-state index contributed by atoms with van der Waals surface area (Å²) in [7, 11) is -7.54. The summed E-state index contributed by atoms with van der Waals surface area (Å²) in [4.78, 5) is 0. The van der Waals surface area contributed by atoms with Crippen LogP contribution in [0.3, 0.4) is 0 Å². The molecule has 7 rings (SSSR count). The topological polar surface area (TPSA) is 58.9 Å². The first-order valence-electron chi connectivity index (χ1n) is 14.8. The van der Waals surface area contributed by atoms with Gasteiger partial charge in [-0.15, -0.1) is 5.11 Å². The van der Waals surface area contributed by atoms with Crippen LogP contribution in [0.2, 0.25) is 0 Å². The Labute approximate surface area is 263 Å². The van der Waals surface area contributed by atoms with Crippen LogP contribution in [0.15, 0.2) is 203 Å². The van der Waals surface area contributed by atoms with Crippen molar-refractivity contribution >= 4 is 35.5 Å². The minimum Gasteiger partial charge on any atom is -0.309 e. The molecule has 0 aromatic heterocycles. The summed E-state index contributed by atoms with van der Waals surface area (Å²) in [5.74, 6) is 0. The van der Waals surface area contributed by atoms with Crippen LogP contribution in [-0.2, 0) is 14.7 Å². The average Bonchev–Trinajstić information content (AvgIpc) is 3.56. The van der Waals surface area contributed by atoms with Gasteiger partial charge in [-0.3, -0.25) is 0 Å². The Morgan fingerprint density at radius 2 is 0.667 bits per heavy atom. The molecule has 45 heavy (non-hydrogen) atoms. The van der Waals surface area contributed by atoms with Crippen molar-refractivity contribution in [1.29, 1.82) is 0 Å². The van der Waals surface area contributed by atoms with Gasteiger partial charge in [-0.1, -0.05) is 182 Å². The van der Waals surface area contributed by atoms with Gasteiger partial charge in [-0.05, 0) is 11.1 Å². The lowest BCUT2D eigenvalue weighted by atomic mass is 9.83. The van der Waals surface area contributed by atoms with E-state index in [0.29, 0.717) is 26.5 Å². The predicted molar refractivity (Wildman–Crippen MR) is 185 cm³/mol. The number of benzene rings is 6. The van der Waals surface area contributed by atoms with Crippen LogP contribution in [0.5, 0.6) is 0 Å². The molecule has 0 atom stereocenters. The van der Waals surface area contributed by atoms with Gasteiger partial charge in [0, 0.05) is 21.2 Å². The van der Waals surface area contributed by atoms with Crippen molar-refractivity contribution in [2.24, 2.45) is 10.2 Å². The van der Waals surface area contributed by atoms with Crippen molar-refractivity contribution in [3.63, 3.8) is 0 Å². The highest BCUT2D eigenvalue weighted by Crippen LogP contribution is 2.71. The van der Waals surface area contributed by atoms with E-state index in [2.05, 4.69) is 0 Å². The lowest BCUT2D eigenvalue weighted by Gasteiger charge is -2.35. The molecule has 6 aromatic rings. The van der Waals surface area contributed by atoms with E-state index in [-0.39, 0.29) is 5.44 Å². The van der Waals surface area contributed by atoms with Crippen LogP contribution in [-0.4, -0.2) is 0 Å². The Morgan fingerprint density at radius 3 is 1.00 bits per heavy atom. The normalized spacial score (nSPS) is 14.4. The Bertz CT molecular complexity index is 1960. The van der Waals surface area contributed by atoms with Gasteiger partial charge in [0.2, 0.25) is 0 Å². The van der Waals surface area contributed by atoms with E-state index >= 15 is 9.13 Å². The van der Waals surface area contributed by atoms with Gasteiger partial charge in [0.05, 0.1) is 5.31 Å². The molecular weight excluding hydrogens is 590 g/mol. The molecule has 0 amide bonds. The van der Waals surface area contributed by atoms with Crippen LogP contribution in [0, 0.1) is 0 Å². The molecule has 1 heterocycles. The van der Waals surface area contributed by atoms with Crippen LogP contribution < -0.4 is 21.2 Å². The Morgan fingerprint density at radius 1 is 0.378 bits per heavy atom. The van der Waals surface area contributed by atoms with Crippen molar-refractivity contribution in [3.8, 4) is 0 Å². The predicted octanol–water partition coefficient (Wildman–Crippen LogP) is 8.59. The molecule has 0 saturated heterocycles. The lowest BCUT2D eigenvalue weighted by Crippen LogP contribution is -2.32. The molecular formula is C39H30N2O2P2. The molecule has 0 spiro atoms. The molecule has 0 radical (unpaired) electrons. The highest BCUT2D eigenvalue weighted by molar-refractivity contribution is 7.86. The highest BCUT2D eigenvalue weighted by Gasteiger charge is 2.56. The van der Waals surface area contributed by atoms with Crippen LogP contribution in [0.25, 0.3) is 0 Å². The van der Waals surface area contributed by atoms with Gasteiger partial charge in [0.15, 0.2) is 19.8 Å². The second-order valence-electron chi connectivity index (χ2n) is 10.9. The van der Waals surface area contributed by atoms with Crippen molar-refractivity contribution in [2.75, 3.05) is 0 Å². The second kappa shape index (κ2) is 11.9. The summed E-state index contributed by atoms with van der Waals surface area (Å²) in [6.07, 6.45) is 0. The smallest absolute Gasteiger partial charge is 0.190 e. The highest BCUT2D eigenvalue weighted by atomic mass is 31.2. The molecule has 0 bridgehead atoms. The van der Waals surface area contributed by atoms with E-state index in [4.69, 9.17) is 10.2 Å². The maximum atomic E-state index is 16.6. The van der Waals surface area contributed by atoms with Gasteiger partial charge in [-0.25, -0.2) is 0 Å². The van der Waals surface area contributed by atoms with Crippen molar-refractivity contribution in [3.05, 3.63) is 204 Å². The number of nitrogens with zero attached hydrogens (tertiary/aromatic N) is 2. The minimum atomic E-state index is -3.80. The second-order valence-corrected chi connectivity index (χ2v) is 16.2. The van der Waals surface area contributed by atoms with Gasteiger partial charge in [-0.2, -0.15) is 5.11 Å². The summed E-state index contributed by atoms with van der Waals surface area (Å²) < 4.78 is 32.8. The standard InChI is InChI=1S/C39H30N2O2P2/c42-44(33-23-11-3-12-24-33,34-25-13-4-14-26-34)37-38(45(43,35-27-15-5-16-28-35)36-29-17-6-18-30-36)40-41-39(37,31-19-7-1-8-20-31)32-21-9-2-10-22-32/h1-30H. The molecule has 0 unspecified atom stereocenters. The van der Waals surface area contributed by atoms with Gasteiger partial charge in [0.25, 0.3) is 0 Å². The Balaban J connectivity index is 1.72. The third-order valence-corrected chi connectivity index (χ3v) is 14.7. The van der Waals surface area contributed by atoms with Crippen LogP contribution >= 0.6 is 14.3 Å². The summed E-state index contributed by atoms with van der Waals surface area (Å²) in [6.45, 7) is 0. The largest absolute Gasteiger partial charge is 0.309 e. The van der Waals surface area contributed by atoms with Crippen molar-refractivity contribution in [1.82, 2.24) is 0 Å². The quantitative estimate of drug-likeness (QED) is 0.160. The third kappa shape index (κ3) is 4.70. The molecule has 0 aliphatic carbocycles. The Hall–Kier alpha value is -4.88. The van der Waals surface area contributed by atoms with E-state index in [0.717, 1.165) is 11.1 Å². The third-order valence-electron chi connectivity index (χ3n) is 8.32. The Kier molecular flexibility index (Phi) is 7.63. The number of hydrogen-bond acceptors (Lipinski definition) is 4. The summed E-state index contributed by atoms with van der Waals surface area (Å²) >= 11 is 0. The molecule has 218 valence electrons. The first kappa shape index (κ1) is 28.9. The zero-order chi connectivity index (χ0) is 30.7. The first-order valence-corrected chi connectivity index (χ1v) is 18.2. The summed E-state index contributed by atoms with van der Waals surface area (Å²) in [6, 6.07) is 57.5.